The number of anilines is 1. The number of rotatable bonds is 2. The molecule has 1 aromatic carbocycles. The second-order valence-corrected chi connectivity index (χ2v) is 3.22. The Hall–Kier alpha value is -1.57. The Morgan fingerprint density at radius 2 is 2.14 bits per heavy atom. The smallest absolute Gasteiger partial charge is 0.0995 e. The lowest BCUT2D eigenvalue weighted by atomic mass is 9.98. The first-order valence-corrected chi connectivity index (χ1v) is 4.29. The average molecular weight is 191 g/mol. The number of aliphatic hydroxyl groups excluding tert-OH is 1. The van der Waals surface area contributed by atoms with E-state index in [0.29, 0.717) is 16.8 Å². The van der Waals surface area contributed by atoms with Crippen LogP contribution in [0.25, 0.3) is 0 Å². The van der Waals surface area contributed by atoms with Gasteiger partial charge in [0.2, 0.25) is 0 Å². The molecule has 2 atom stereocenters. The van der Waals surface area contributed by atoms with E-state index in [0.717, 1.165) is 0 Å². The molecular formula is C10H13N3O. The van der Waals surface area contributed by atoms with Crippen molar-refractivity contribution in [1.82, 2.24) is 0 Å². The summed E-state index contributed by atoms with van der Waals surface area (Å²) in [5, 5.41) is 18.1. The van der Waals surface area contributed by atoms with E-state index in [-0.39, 0.29) is 0 Å². The van der Waals surface area contributed by atoms with E-state index < -0.39 is 12.1 Å². The van der Waals surface area contributed by atoms with Gasteiger partial charge in [-0.1, -0.05) is 0 Å². The molecule has 0 aliphatic rings. The Balaban J connectivity index is 3.18. The number of aliphatic hydroxyl groups is 1. The number of nitrogens with zero attached hydrogens (tertiary/aromatic N) is 1. The van der Waals surface area contributed by atoms with Crippen LogP contribution in [0, 0.1) is 11.3 Å². The normalized spacial score (nSPS) is 14.4. The number of nitriles is 1. The van der Waals surface area contributed by atoms with Crippen LogP contribution in [0.15, 0.2) is 18.2 Å². The molecule has 0 aliphatic heterocycles. The molecule has 4 nitrogen and oxygen atoms in total. The van der Waals surface area contributed by atoms with Gasteiger partial charge in [-0.3, -0.25) is 0 Å². The van der Waals surface area contributed by atoms with Gasteiger partial charge < -0.3 is 16.6 Å². The third-order valence-electron chi connectivity index (χ3n) is 2.07. The van der Waals surface area contributed by atoms with Crippen molar-refractivity contribution in [3.05, 3.63) is 29.3 Å². The maximum atomic E-state index is 9.31. The molecular weight excluding hydrogens is 178 g/mol. The van der Waals surface area contributed by atoms with Gasteiger partial charge in [-0.15, -0.1) is 0 Å². The zero-order valence-corrected chi connectivity index (χ0v) is 7.94. The van der Waals surface area contributed by atoms with Crippen LogP contribution in [0.3, 0.4) is 0 Å². The second-order valence-electron chi connectivity index (χ2n) is 3.22. The molecule has 0 unspecified atom stereocenters. The standard InChI is InChI=1S/C10H13N3O/c1-6(14)10(13)9-4-8(12)3-2-7(9)5-11/h2-4,6,10,14H,12-13H2,1H3/t6-,10+/m0/s1. The fourth-order valence-corrected chi connectivity index (χ4v) is 1.22. The molecule has 0 aromatic heterocycles. The Morgan fingerprint density at radius 3 is 2.64 bits per heavy atom. The zero-order chi connectivity index (χ0) is 10.7. The number of nitrogens with two attached hydrogens (primary N) is 2. The maximum absolute atomic E-state index is 9.31. The van der Waals surface area contributed by atoms with Gasteiger partial charge in [-0.2, -0.15) is 5.26 Å². The Kier molecular flexibility index (Phi) is 3.07. The summed E-state index contributed by atoms with van der Waals surface area (Å²) in [4.78, 5) is 0. The molecule has 0 radical (unpaired) electrons. The van der Waals surface area contributed by atoms with Crippen molar-refractivity contribution in [3.63, 3.8) is 0 Å². The second kappa shape index (κ2) is 4.09. The summed E-state index contributed by atoms with van der Waals surface area (Å²) in [7, 11) is 0. The van der Waals surface area contributed by atoms with Gasteiger partial charge in [0.05, 0.1) is 23.8 Å². The molecule has 74 valence electrons. The molecule has 1 rings (SSSR count). The lowest BCUT2D eigenvalue weighted by molar-refractivity contribution is 0.164. The topological polar surface area (TPSA) is 96.1 Å². The highest BCUT2D eigenvalue weighted by molar-refractivity contribution is 5.50. The summed E-state index contributed by atoms with van der Waals surface area (Å²) in [6.07, 6.45) is -0.705. The van der Waals surface area contributed by atoms with Crippen molar-refractivity contribution in [1.29, 1.82) is 5.26 Å². The van der Waals surface area contributed by atoms with Crippen LogP contribution in [0.5, 0.6) is 0 Å². The van der Waals surface area contributed by atoms with Gasteiger partial charge >= 0.3 is 0 Å². The van der Waals surface area contributed by atoms with Gasteiger partial charge in [0.1, 0.15) is 0 Å². The minimum Gasteiger partial charge on any atom is -0.399 e. The van der Waals surface area contributed by atoms with E-state index in [2.05, 4.69) is 0 Å². The third kappa shape index (κ3) is 2.02. The van der Waals surface area contributed by atoms with Gasteiger partial charge in [0.15, 0.2) is 0 Å². The monoisotopic (exact) mass is 191 g/mol. The summed E-state index contributed by atoms with van der Waals surface area (Å²) in [5.41, 5.74) is 12.9. The largest absolute Gasteiger partial charge is 0.399 e. The first kappa shape index (κ1) is 10.5. The van der Waals surface area contributed by atoms with Gasteiger partial charge in [-0.25, -0.2) is 0 Å². The summed E-state index contributed by atoms with van der Waals surface area (Å²) in [6, 6.07) is 6.30. The van der Waals surface area contributed by atoms with Crippen molar-refractivity contribution in [2.45, 2.75) is 19.1 Å². The van der Waals surface area contributed by atoms with E-state index in [1.54, 1.807) is 25.1 Å². The molecule has 0 amide bonds. The predicted octanol–water partition coefficient (Wildman–Crippen LogP) is 0.521. The van der Waals surface area contributed by atoms with Gasteiger partial charge in [0, 0.05) is 5.69 Å². The minimum atomic E-state index is -0.705. The summed E-state index contributed by atoms with van der Waals surface area (Å²) >= 11 is 0. The van der Waals surface area contributed by atoms with Crippen LogP contribution in [0.2, 0.25) is 0 Å². The molecule has 0 aliphatic carbocycles. The molecule has 4 heteroatoms. The molecule has 0 saturated carbocycles. The van der Waals surface area contributed by atoms with Gasteiger partial charge in [0.25, 0.3) is 0 Å². The first-order valence-electron chi connectivity index (χ1n) is 4.29. The molecule has 14 heavy (non-hydrogen) atoms. The molecule has 0 saturated heterocycles. The molecule has 0 spiro atoms. The highest BCUT2D eigenvalue weighted by Gasteiger charge is 2.15. The first-order chi connectivity index (χ1) is 6.56. The Morgan fingerprint density at radius 1 is 1.50 bits per heavy atom. The number of hydrogen-bond donors (Lipinski definition) is 3. The van der Waals surface area contributed by atoms with Crippen LogP contribution < -0.4 is 11.5 Å². The van der Waals surface area contributed by atoms with Crippen molar-refractivity contribution >= 4 is 5.69 Å². The van der Waals surface area contributed by atoms with Crippen LogP contribution in [-0.4, -0.2) is 11.2 Å². The molecule has 0 bridgehead atoms. The van der Waals surface area contributed by atoms with E-state index in [1.807, 2.05) is 6.07 Å². The lowest BCUT2D eigenvalue weighted by Crippen LogP contribution is -2.24. The summed E-state index contributed by atoms with van der Waals surface area (Å²) in [6.45, 7) is 1.58. The van der Waals surface area contributed by atoms with E-state index in [4.69, 9.17) is 16.7 Å². The summed E-state index contributed by atoms with van der Waals surface area (Å²) < 4.78 is 0. The van der Waals surface area contributed by atoms with Crippen molar-refractivity contribution in [3.8, 4) is 6.07 Å². The Bertz CT molecular complexity index is 368. The third-order valence-corrected chi connectivity index (χ3v) is 2.07. The number of nitrogen functional groups attached to an aromatic ring is 1. The zero-order valence-electron chi connectivity index (χ0n) is 7.94. The molecule has 0 fully saturated rings. The lowest BCUT2D eigenvalue weighted by Gasteiger charge is -2.16. The predicted molar refractivity (Wildman–Crippen MR) is 54.2 cm³/mol. The van der Waals surface area contributed by atoms with Crippen molar-refractivity contribution < 1.29 is 5.11 Å². The van der Waals surface area contributed by atoms with Crippen LogP contribution in [0.1, 0.15) is 24.1 Å². The van der Waals surface area contributed by atoms with Crippen LogP contribution in [-0.2, 0) is 0 Å². The molecule has 5 N–H and O–H groups in total. The van der Waals surface area contributed by atoms with Crippen molar-refractivity contribution in [2.75, 3.05) is 5.73 Å². The maximum Gasteiger partial charge on any atom is 0.0995 e. The van der Waals surface area contributed by atoms with E-state index in [1.165, 1.54) is 0 Å². The fourth-order valence-electron chi connectivity index (χ4n) is 1.22. The van der Waals surface area contributed by atoms with Gasteiger partial charge in [-0.05, 0) is 30.7 Å². The average Bonchev–Trinajstić information content (AvgIpc) is 2.16. The highest BCUT2D eigenvalue weighted by atomic mass is 16.3. The van der Waals surface area contributed by atoms with E-state index in [9.17, 15) is 5.11 Å². The SMILES string of the molecule is C[C@H](O)[C@@H](N)c1cc(N)ccc1C#N. The Labute approximate surface area is 82.8 Å². The molecule has 1 aromatic rings. The number of benzene rings is 1. The van der Waals surface area contributed by atoms with Crippen molar-refractivity contribution in [2.24, 2.45) is 5.73 Å². The highest BCUT2D eigenvalue weighted by Crippen LogP contribution is 2.21. The van der Waals surface area contributed by atoms with Crippen LogP contribution >= 0.6 is 0 Å². The quantitative estimate of drug-likeness (QED) is 0.594. The van der Waals surface area contributed by atoms with E-state index >= 15 is 0 Å². The fraction of sp³-hybridized carbons (Fsp3) is 0.300. The molecule has 0 heterocycles. The summed E-state index contributed by atoms with van der Waals surface area (Å²) in [5.74, 6) is 0. The van der Waals surface area contributed by atoms with Crippen LogP contribution in [0.4, 0.5) is 5.69 Å². The number of hydrogen-bond acceptors (Lipinski definition) is 4. The minimum absolute atomic E-state index is 0.451.